The first-order chi connectivity index (χ1) is 19.2. The van der Waals surface area contributed by atoms with Crippen LogP contribution in [0.15, 0.2) is 60.1 Å². The van der Waals surface area contributed by atoms with Crippen molar-refractivity contribution in [3.05, 3.63) is 71.3 Å². The van der Waals surface area contributed by atoms with E-state index in [0.29, 0.717) is 13.0 Å². The van der Waals surface area contributed by atoms with E-state index in [-0.39, 0.29) is 22.9 Å². The lowest BCUT2D eigenvalue weighted by Gasteiger charge is -2.23. The minimum Gasteiger partial charge on any atom is -0.494 e. The molecule has 1 aliphatic heterocycles. The van der Waals surface area contributed by atoms with Gasteiger partial charge in [0.25, 0.3) is 0 Å². The highest BCUT2D eigenvalue weighted by molar-refractivity contribution is 8.93. The fraction of sp³-hybridized carbons (Fsp3) is 0.559. The lowest BCUT2D eigenvalue weighted by atomic mass is 10.1. The van der Waals surface area contributed by atoms with E-state index < -0.39 is 0 Å². The van der Waals surface area contributed by atoms with Crippen molar-refractivity contribution in [3.8, 4) is 5.75 Å². The molecular weight excluding hydrogens is 580 g/mol. The van der Waals surface area contributed by atoms with Gasteiger partial charge in [-0.1, -0.05) is 109 Å². The van der Waals surface area contributed by atoms with Gasteiger partial charge < -0.3 is 14.5 Å². The van der Waals surface area contributed by atoms with Gasteiger partial charge in [0.1, 0.15) is 5.75 Å². The third-order valence-corrected chi connectivity index (χ3v) is 8.15. The second-order valence-corrected chi connectivity index (χ2v) is 11.6. The molecule has 0 bridgehead atoms. The normalized spacial score (nSPS) is 12.4. The molecule has 6 heteroatoms. The Kier molecular flexibility index (Phi) is 17.9. The van der Waals surface area contributed by atoms with Crippen LogP contribution in [-0.4, -0.2) is 23.3 Å². The summed E-state index contributed by atoms with van der Waals surface area (Å²) < 4.78 is 6.08. The number of benzene rings is 2. The number of carbonyl (C=O) groups excluding carboxylic acids is 1. The molecule has 2 aromatic rings. The molecule has 1 amide bonds. The van der Waals surface area contributed by atoms with Crippen LogP contribution >= 0.6 is 28.7 Å². The quantitative estimate of drug-likeness (QED) is 0.136. The average Bonchev–Trinajstić information content (AvgIpc) is 3.48. The molecule has 222 valence electrons. The zero-order chi connectivity index (χ0) is 27.5. The fourth-order valence-corrected chi connectivity index (χ4v) is 5.70. The third-order valence-electron chi connectivity index (χ3n) is 7.35. The Balaban J connectivity index is 0.00000560. The van der Waals surface area contributed by atoms with Gasteiger partial charge >= 0.3 is 0 Å². The second-order valence-electron chi connectivity index (χ2n) is 10.7. The van der Waals surface area contributed by atoms with Crippen molar-refractivity contribution >= 4 is 40.3 Å². The van der Waals surface area contributed by atoms with Gasteiger partial charge in [-0.15, -0.1) is 28.7 Å². The van der Waals surface area contributed by atoms with E-state index in [1.165, 1.54) is 76.2 Å². The van der Waals surface area contributed by atoms with Crippen LogP contribution in [0.25, 0.3) is 0 Å². The van der Waals surface area contributed by atoms with Crippen molar-refractivity contribution in [2.45, 2.75) is 110 Å². The Labute approximate surface area is 258 Å². The van der Waals surface area contributed by atoms with Gasteiger partial charge in [-0.3, -0.25) is 4.79 Å². The molecule has 0 aromatic heterocycles. The van der Waals surface area contributed by atoms with Gasteiger partial charge in [0.2, 0.25) is 5.91 Å². The molecule has 4 nitrogen and oxygen atoms in total. The monoisotopic (exact) mass is 630 g/mol. The first-order valence-corrected chi connectivity index (χ1v) is 16.4. The summed E-state index contributed by atoms with van der Waals surface area (Å²) in [4.78, 5) is 17.0. The van der Waals surface area contributed by atoms with Crippen LogP contribution in [0, 0.1) is 0 Å². The Bertz CT molecular complexity index is 982. The lowest BCUT2D eigenvalue weighted by molar-refractivity contribution is -0.118. The van der Waals surface area contributed by atoms with Crippen LogP contribution in [0.3, 0.4) is 0 Å². The molecule has 3 rings (SSSR count). The largest absolute Gasteiger partial charge is 0.494 e. The molecule has 0 atom stereocenters. The number of ether oxygens (including phenoxy) is 1. The molecule has 0 radical (unpaired) electrons. The molecular formula is C34H51BrN2O2S. The van der Waals surface area contributed by atoms with Crippen molar-refractivity contribution in [1.82, 2.24) is 4.90 Å². The van der Waals surface area contributed by atoms with Crippen molar-refractivity contribution in [3.63, 3.8) is 0 Å². The Morgan fingerprint density at radius 2 is 1.50 bits per heavy atom. The topological polar surface area (TPSA) is 32.8 Å². The lowest BCUT2D eigenvalue weighted by Crippen LogP contribution is -2.29. The molecule has 0 saturated carbocycles. The van der Waals surface area contributed by atoms with E-state index in [4.69, 9.17) is 4.74 Å². The van der Waals surface area contributed by atoms with Crippen molar-refractivity contribution in [2.24, 2.45) is 0 Å². The smallest absolute Gasteiger partial charge is 0.227 e. The standard InChI is InChI=1S/C34H50N2O2S.BrH/c1-3-5-6-7-8-9-10-11-12-13-14-15-24-38-33-18-16-17-31(26-33)28-36(34(37)4-2)32-21-19-30(20-22-32)27-35-23-25-39-29-35;/h16-23,25-26H,3-15,24,27-29H2,1-2H3;1H. The zero-order valence-electron chi connectivity index (χ0n) is 24.8. The number of anilines is 1. The van der Waals surface area contributed by atoms with E-state index in [0.717, 1.165) is 42.4 Å². The zero-order valence-corrected chi connectivity index (χ0v) is 27.4. The van der Waals surface area contributed by atoms with E-state index in [9.17, 15) is 4.79 Å². The number of hydrogen-bond acceptors (Lipinski definition) is 4. The molecule has 0 aliphatic carbocycles. The number of nitrogens with zero attached hydrogens (tertiary/aromatic N) is 2. The van der Waals surface area contributed by atoms with Crippen LogP contribution in [0.2, 0.25) is 0 Å². The highest BCUT2D eigenvalue weighted by atomic mass is 79.9. The summed E-state index contributed by atoms with van der Waals surface area (Å²) in [5.41, 5.74) is 3.29. The van der Waals surface area contributed by atoms with E-state index in [2.05, 4.69) is 59.8 Å². The Morgan fingerprint density at radius 1 is 0.850 bits per heavy atom. The van der Waals surface area contributed by atoms with Crippen LogP contribution in [0.5, 0.6) is 5.75 Å². The van der Waals surface area contributed by atoms with Gasteiger partial charge in [0, 0.05) is 24.9 Å². The van der Waals surface area contributed by atoms with E-state index in [1.807, 2.05) is 35.7 Å². The summed E-state index contributed by atoms with van der Waals surface area (Å²) in [6, 6.07) is 16.6. The Morgan fingerprint density at radius 3 is 2.10 bits per heavy atom. The van der Waals surface area contributed by atoms with Gasteiger partial charge in [-0.05, 0) is 47.2 Å². The minimum absolute atomic E-state index is 0. The molecule has 0 N–H and O–H groups in total. The maximum absolute atomic E-state index is 12.8. The van der Waals surface area contributed by atoms with Gasteiger partial charge in [-0.2, -0.15) is 0 Å². The van der Waals surface area contributed by atoms with E-state index in [1.54, 1.807) is 0 Å². The van der Waals surface area contributed by atoms with Crippen LogP contribution in [-0.2, 0) is 17.9 Å². The minimum atomic E-state index is 0. The highest BCUT2D eigenvalue weighted by Crippen LogP contribution is 2.24. The summed E-state index contributed by atoms with van der Waals surface area (Å²) in [6.07, 6.45) is 18.8. The van der Waals surface area contributed by atoms with Crippen LogP contribution in [0.1, 0.15) is 108 Å². The molecule has 0 unspecified atom stereocenters. The first kappa shape index (κ1) is 34.3. The molecule has 40 heavy (non-hydrogen) atoms. The van der Waals surface area contributed by atoms with Crippen molar-refractivity contribution < 1.29 is 9.53 Å². The molecule has 0 fully saturated rings. The fourth-order valence-electron chi connectivity index (χ4n) is 4.99. The van der Waals surface area contributed by atoms with Gasteiger partial charge in [0.05, 0.1) is 19.0 Å². The number of hydrogen-bond donors (Lipinski definition) is 0. The van der Waals surface area contributed by atoms with Crippen molar-refractivity contribution in [2.75, 3.05) is 17.4 Å². The second kappa shape index (κ2) is 20.9. The summed E-state index contributed by atoms with van der Waals surface area (Å²) >= 11 is 1.81. The van der Waals surface area contributed by atoms with Gasteiger partial charge in [-0.25, -0.2) is 0 Å². The van der Waals surface area contributed by atoms with Crippen LogP contribution in [0.4, 0.5) is 5.69 Å². The molecule has 1 heterocycles. The molecule has 0 saturated heterocycles. The summed E-state index contributed by atoms with van der Waals surface area (Å²) in [5.74, 6) is 2.02. The number of thioether (sulfide) groups is 1. The number of carbonyl (C=O) groups is 1. The SMILES string of the molecule is Br.CCCCCCCCCCCCCCOc1cccc(CN(C(=O)CC)c2ccc(CN3C=CSC3)cc2)c1. The summed E-state index contributed by atoms with van der Waals surface area (Å²) in [6.45, 7) is 6.40. The molecule has 0 spiro atoms. The number of rotatable bonds is 20. The van der Waals surface area contributed by atoms with Crippen LogP contribution < -0.4 is 9.64 Å². The summed E-state index contributed by atoms with van der Waals surface area (Å²) in [7, 11) is 0. The third kappa shape index (κ3) is 13.2. The predicted molar refractivity (Wildman–Crippen MR) is 178 cm³/mol. The molecule has 2 aromatic carbocycles. The van der Waals surface area contributed by atoms with Crippen molar-refractivity contribution in [1.29, 1.82) is 0 Å². The summed E-state index contributed by atoms with van der Waals surface area (Å²) in [5, 5.41) is 2.13. The number of halogens is 1. The maximum Gasteiger partial charge on any atom is 0.227 e. The maximum atomic E-state index is 12.8. The number of unbranched alkanes of at least 4 members (excludes halogenated alkanes) is 11. The first-order valence-electron chi connectivity index (χ1n) is 15.3. The highest BCUT2D eigenvalue weighted by Gasteiger charge is 2.15. The van der Waals surface area contributed by atoms with Gasteiger partial charge in [0.15, 0.2) is 0 Å². The predicted octanol–water partition coefficient (Wildman–Crippen LogP) is 10.3. The number of amides is 1. The molecule has 1 aliphatic rings. The Hall–Kier alpha value is -1.92. The van der Waals surface area contributed by atoms with E-state index >= 15 is 0 Å². The average molecular weight is 632 g/mol.